The smallest absolute Gasteiger partial charge is 0.339 e. The van der Waals surface area contributed by atoms with Crippen LogP contribution in [0.2, 0.25) is 0 Å². The van der Waals surface area contributed by atoms with Crippen LogP contribution in [0.5, 0.6) is 5.75 Å². The van der Waals surface area contributed by atoms with Gasteiger partial charge in [0.25, 0.3) is 10.0 Å². The summed E-state index contributed by atoms with van der Waals surface area (Å²) in [5.41, 5.74) is 1.38. The number of nitrogens with zero attached hydrogens (tertiary/aromatic N) is 2. The van der Waals surface area contributed by atoms with Crippen LogP contribution in [-0.4, -0.2) is 42.4 Å². The van der Waals surface area contributed by atoms with Gasteiger partial charge in [0.15, 0.2) is 11.6 Å². The molecule has 0 amide bonds. The fourth-order valence-electron chi connectivity index (χ4n) is 2.92. The highest BCUT2D eigenvalue weighted by Gasteiger charge is 2.19. The van der Waals surface area contributed by atoms with E-state index < -0.39 is 21.7 Å². The van der Waals surface area contributed by atoms with Gasteiger partial charge in [-0.25, -0.2) is 23.2 Å². The number of hydrogen-bond donors (Lipinski definition) is 4. The zero-order valence-electron chi connectivity index (χ0n) is 16.4. The van der Waals surface area contributed by atoms with Crippen LogP contribution in [0.1, 0.15) is 10.4 Å². The molecule has 9 nitrogen and oxygen atoms in total. The summed E-state index contributed by atoms with van der Waals surface area (Å²) in [4.78, 5) is 19.9. The molecule has 0 aliphatic rings. The minimum absolute atomic E-state index is 0.0175. The number of carbonyl (C=O) groups is 1. The van der Waals surface area contributed by atoms with E-state index in [0.717, 1.165) is 0 Å². The van der Waals surface area contributed by atoms with Crippen molar-refractivity contribution in [3.8, 4) is 5.75 Å². The molecule has 0 unspecified atom stereocenters. The number of rotatable bonds is 6. The molecule has 3 aromatic carbocycles. The van der Waals surface area contributed by atoms with Crippen molar-refractivity contribution in [3.63, 3.8) is 0 Å². The number of carboxylic acids is 1. The van der Waals surface area contributed by atoms with Crippen molar-refractivity contribution in [3.05, 3.63) is 72.3 Å². The molecule has 1 heterocycles. The first-order valence-corrected chi connectivity index (χ1v) is 10.7. The lowest BCUT2D eigenvalue weighted by atomic mass is 9.97. The maximum Gasteiger partial charge on any atom is 0.339 e. The van der Waals surface area contributed by atoms with E-state index >= 15 is 0 Å². The van der Waals surface area contributed by atoms with Crippen molar-refractivity contribution in [1.29, 1.82) is 0 Å². The Morgan fingerprint density at radius 3 is 2.12 bits per heavy atom. The number of aromatic nitrogens is 2. The second kappa shape index (κ2) is 8.19. The van der Waals surface area contributed by atoms with Gasteiger partial charge in [0.1, 0.15) is 19.2 Å². The third-order valence-corrected chi connectivity index (χ3v) is 5.84. The maximum atomic E-state index is 12.9. The Labute approximate surface area is 184 Å². The van der Waals surface area contributed by atoms with Gasteiger partial charge < -0.3 is 15.5 Å². The minimum atomic E-state index is -4.01. The zero-order valence-corrected chi connectivity index (χ0v) is 17.2. The lowest BCUT2D eigenvalue weighted by Gasteiger charge is -2.14. The summed E-state index contributed by atoms with van der Waals surface area (Å²) in [5.74, 6) is -1.76. The molecule has 0 bridgehead atoms. The summed E-state index contributed by atoms with van der Waals surface area (Å²) in [7, 11) is 1.62. The molecule has 0 aliphatic carbocycles. The van der Waals surface area contributed by atoms with Crippen molar-refractivity contribution >= 4 is 57.7 Å². The fourth-order valence-corrected chi connectivity index (χ4v) is 3.93. The average molecular weight is 446 g/mol. The van der Waals surface area contributed by atoms with Crippen LogP contribution in [0, 0.1) is 0 Å². The second-order valence-corrected chi connectivity index (χ2v) is 8.43. The average Bonchev–Trinajstić information content (AvgIpc) is 2.74. The van der Waals surface area contributed by atoms with Crippen LogP contribution in [-0.2, 0) is 10.0 Å². The van der Waals surface area contributed by atoms with E-state index in [4.69, 9.17) is 13.0 Å². The molecule has 0 spiro atoms. The lowest BCUT2D eigenvalue weighted by Crippen LogP contribution is -2.16. The number of para-hydroxylation sites is 2. The van der Waals surface area contributed by atoms with Gasteiger partial charge in [-0.1, -0.05) is 29.7 Å². The SMILES string of the molecule is [B]c1ccc(S(=O)(=O)Nc2nc3ccccc3nc2Nc2ccc(C(=O)O)c(O)c2)cc1. The molecule has 4 aromatic rings. The van der Waals surface area contributed by atoms with Crippen LogP contribution in [0.4, 0.5) is 17.3 Å². The Balaban J connectivity index is 1.76. The Morgan fingerprint density at radius 1 is 0.906 bits per heavy atom. The molecule has 0 saturated heterocycles. The number of phenols is 1. The van der Waals surface area contributed by atoms with Crippen LogP contribution in [0.3, 0.4) is 0 Å². The van der Waals surface area contributed by atoms with E-state index in [1.807, 2.05) is 0 Å². The summed E-state index contributed by atoms with van der Waals surface area (Å²) in [6.45, 7) is 0. The molecular formula is C21H15BN4O5S. The molecule has 4 N–H and O–H groups in total. The first kappa shape index (κ1) is 21.1. The molecule has 2 radical (unpaired) electrons. The molecule has 0 aliphatic heterocycles. The fraction of sp³-hybridized carbons (Fsp3) is 0. The number of hydrogen-bond acceptors (Lipinski definition) is 7. The highest BCUT2D eigenvalue weighted by atomic mass is 32.2. The standard InChI is InChI=1S/C21H15BN4O5S/c22-12-5-8-14(9-6-12)32(30,31)26-20-19(24-16-3-1-2-4-17(16)25-20)23-13-7-10-15(21(28)29)18(27)11-13/h1-11,27H,(H,23,24)(H,25,26)(H,28,29). The quantitative estimate of drug-likeness (QED) is 0.331. The highest BCUT2D eigenvalue weighted by molar-refractivity contribution is 7.92. The van der Waals surface area contributed by atoms with E-state index in [-0.39, 0.29) is 27.8 Å². The van der Waals surface area contributed by atoms with Gasteiger partial charge >= 0.3 is 5.97 Å². The van der Waals surface area contributed by atoms with Gasteiger partial charge in [0.2, 0.25) is 0 Å². The molecule has 158 valence electrons. The number of anilines is 3. The molecular weight excluding hydrogens is 431 g/mol. The summed E-state index contributed by atoms with van der Waals surface area (Å²) in [6, 6.07) is 16.4. The predicted molar refractivity (Wildman–Crippen MR) is 121 cm³/mol. The predicted octanol–water partition coefficient (Wildman–Crippen LogP) is 2.37. The zero-order chi connectivity index (χ0) is 22.9. The van der Waals surface area contributed by atoms with Crippen molar-refractivity contribution in [2.75, 3.05) is 10.0 Å². The first-order valence-electron chi connectivity index (χ1n) is 9.21. The number of carboxylic acid groups (broad SMARTS) is 1. The lowest BCUT2D eigenvalue weighted by molar-refractivity contribution is 0.0693. The second-order valence-electron chi connectivity index (χ2n) is 6.75. The highest BCUT2D eigenvalue weighted by Crippen LogP contribution is 2.29. The van der Waals surface area contributed by atoms with Crippen molar-refractivity contribution in [2.45, 2.75) is 4.90 Å². The van der Waals surface area contributed by atoms with Crippen LogP contribution >= 0.6 is 0 Å². The van der Waals surface area contributed by atoms with E-state index in [9.17, 15) is 18.3 Å². The number of sulfonamides is 1. The Bertz CT molecular complexity index is 1440. The molecule has 1 aromatic heterocycles. The molecule has 0 fully saturated rings. The third kappa shape index (κ3) is 4.32. The Morgan fingerprint density at radius 2 is 1.53 bits per heavy atom. The van der Waals surface area contributed by atoms with Gasteiger partial charge in [-0.3, -0.25) is 4.72 Å². The van der Waals surface area contributed by atoms with Gasteiger partial charge in [0.05, 0.1) is 15.9 Å². The van der Waals surface area contributed by atoms with E-state index in [0.29, 0.717) is 16.5 Å². The van der Waals surface area contributed by atoms with E-state index in [1.54, 1.807) is 24.3 Å². The van der Waals surface area contributed by atoms with E-state index in [2.05, 4.69) is 20.0 Å². The van der Waals surface area contributed by atoms with Crippen molar-refractivity contribution in [2.24, 2.45) is 0 Å². The molecule has 32 heavy (non-hydrogen) atoms. The topological polar surface area (TPSA) is 142 Å². The molecule has 11 heteroatoms. The Hall–Kier alpha value is -4.12. The van der Waals surface area contributed by atoms with Crippen LogP contribution in [0.25, 0.3) is 11.0 Å². The largest absolute Gasteiger partial charge is 0.507 e. The summed E-state index contributed by atoms with van der Waals surface area (Å²) < 4.78 is 28.2. The first-order chi connectivity index (χ1) is 15.2. The maximum absolute atomic E-state index is 12.9. The molecule has 0 atom stereocenters. The van der Waals surface area contributed by atoms with E-state index in [1.165, 1.54) is 42.5 Å². The Kier molecular flexibility index (Phi) is 5.41. The number of aromatic hydroxyl groups is 1. The number of nitrogens with one attached hydrogen (secondary N) is 2. The summed E-state index contributed by atoms with van der Waals surface area (Å²) >= 11 is 0. The van der Waals surface area contributed by atoms with Crippen molar-refractivity contribution in [1.82, 2.24) is 9.97 Å². The van der Waals surface area contributed by atoms with Crippen LogP contribution in [0.15, 0.2) is 71.6 Å². The minimum Gasteiger partial charge on any atom is -0.507 e. The van der Waals surface area contributed by atoms with Gasteiger partial charge in [-0.15, -0.1) is 0 Å². The van der Waals surface area contributed by atoms with Gasteiger partial charge in [0, 0.05) is 11.8 Å². The normalized spacial score (nSPS) is 11.2. The number of benzene rings is 3. The monoisotopic (exact) mass is 446 g/mol. The molecule has 4 rings (SSSR count). The van der Waals surface area contributed by atoms with Gasteiger partial charge in [-0.05, 0) is 36.4 Å². The summed E-state index contributed by atoms with van der Waals surface area (Å²) in [5, 5.41) is 21.9. The van der Waals surface area contributed by atoms with Crippen molar-refractivity contribution < 1.29 is 23.4 Å². The summed E-state index contributed by atoms with van der Waals surface area (Å²) in [6.07, 6.45) is 0. The van der Waals surface area contributed by atoms with Gasteiger partial charge in [-0.2, -0.15) is 0 Å². The third-order valence-electron chi connectivity index (χ3n) is 4.48. The van der Waals surface area contributed by atoms with Crippen LogP contribution < -0.4 is 15.5 Å². The number of fused-ring (bicyclic) bond motifs is 1. The molecule has 0 saturated carbocycles. The number of aromatic carboxylic acids is 1.